The van der Waals surface area contributed by atoms with Crippen LogP contribution >= 0.6 is 0 Å². The van der Waals surface area contributed by atoms with Crippen LogP contribution in [0, 0.1) is 5.41 Å². The molecule has 1 N–H and O–H groups in total. The van der Waals surface area contributed by atoms with E-state index in [1.807, 2.05) is 0 Å². The van der Waals surface area contributed by atoms with Gasteiger partial charge in [0.1, 0.15) is 0 Å². The number of aliphatic hydroxyl groups excluding tert-OH is 1. The minimum absolute atomic E-state index is 0.136. The molecule has 2 aliphatic rings. The first-order chi connectivity index (χ1) is 5.72. The number of allylic oxidation sites excluding steroid dienone is 1. The van der Waals surface area contributed by atoms with E-state index in [-0.39, 0.29) is 6.10 Å². The lowest BCUT2D eigenvalue weighted by Crippen LogP contribution is -2.21. The summed E-state index contributed by atoms with van der Waals surface area (Å²) in [6, 6.07) is 0. The molecule has 68 valence electrons. The van der Waals surface area contributed by atoms with Crippen LogP contribution in [0.4, 0.5) is 0 Å². The fourth-order valence-corrected chi connectivity index (χ4v) is 2.79. The molecule has 1 spiro atoms. The van der Waals surface area contributed by atoms with Crippen LogP contribution in [-0.2, 0) is 0 Å². The zero-order valence-electron chi connectivity index (χ0n) is 7.84. The summed E-state index contributed by atoms with van der Waals surface area (Å²) in [5.41, 5.74) is 1.61. The lowest BCUT2D eigenvalue weighted by atomic mass is 9.74. The van der Waals surface area contributed by atoms with E-state index >= 15 is 0 Å². The number of hydrogen-bond acceptors (Lipinski definition) is 1. The summed E-state index contributed by atoms with van der Waals surface area (Å²) in [6.45, 7) is 2.06. The summed E-state index contributed by atoms with van der Waals surface area (Å²) < 4.78 is 0. The molecular weight excluding hydrogens is 148 g/mol. The van der Waals surface area contributed by atoms with Crippen molar-refractivity contribution in [2.75, 3.05) is 0 Å². The molecule has 2 rings (SSSR count). The molecule has 1 unspecified atom stereocenters. The summed E-state index contributed by atoms with van der Waals surface area (Å²) in [5, 5.41) is 9.65. The molecule has 0 aromatic rings. The Morgan fingerprint density at radius 2 is 2.00 bits per heavy atom. The molecule has 1 fully saturated rings. The van der Waals surface area contributed by atoms with Crippen molar-refractivity contribution in [3.8, 4) is 0 Å². The SMILES string of the molecule is CC1=CC2(CCCCC2)CC1O. The minimum Gasteiger partial charge on any atom is -0.389 e. The van der Waals surface area contributed by atoms with Gasteiger partial charge in [-0.15, -0.1) is 0 Å². The van der Waals surface area contributed by atoms with Crippen molar-refractivity contribution in [2.24, 2.45) is 5.41 Å². The molecule has 0 aromatic heterocycles. The Morgan fingerprint density at radius 1 is 1.33 bits per heavy atom. The predicted octanol–water partition coefficient (Wildman–Crippen LogP) is 2.65. The van der Waals surface area contributed by atoms with Crippen LogP contribution in [-0.4, -0.2) is 11.2 Å². The predicted molar refractivity (Wildman–Crippen MR) is 49.9 cm³/mol. The molecule has 2 aliphatic carbocycles. The van der Waals surface area contributed by atoms with E-state index in [0.29, 0.717) is 5.41 Å². The highest BCUT2D eigenvalue weighted by Crippen LogP contribution is 2.46. The van der Waals surface area contributed by atoms with Crippen LogP contribution in [0.2, 0.25) is 0 Å². The van der Waals surface area contributed by atoms with Crippen molar-refractivity contribution in [3.05, 3.63) is 11.6 Å². The maximum Gasteiger partial charge on any atom is 0.0755 e. The molecule has 1 heteroatoms. The third-order valence-corrected chi connectivity index (χ3v) is 3.51. The Bertz CT molecular complexity index is 199. The van der Waals surface area contributed by atoms with Crippen LogP contribution in [0.3, 0.4) is 0 Å². The van der Waals surface area contributed by atoms with E-state index in [4.69, 9.17) is 0 Å². The van der Waals surface area contributed by atoms with Crippen LogP contribution in [0.15, 0.2) is 11.6 Å². The lowest BCUT2D eigenvalue weighted by Gasteiger charge is -2.31. The van der Waals surface area contributed by atoms with Crippen molar-refractivity contribution in [3.63, 3.8) is 0 Å². The van der Waals surface area contributed by atoms with Gasteiger partial charge in [-0.2, -0.15) is 0 Å². The molecule has 0 aliphatic heterocycles. The summed E-state index contributed by atoms with van der Waals surface area (Å²) in [4.78, 5) is 0. The standard InChI is InChI=1S/C11H18O/c1-9-7-11(8-10(9)12)5-3-2-4-6-11/h7,10,12H,2-6,8H2,1H3. The Hall–Kier alpha value is -0.300. The van der Waals surface area contributed by atoms with E-state index in [1.54, 1.807) is 0 Å². The van der Waals surface area contributed by atoms with Gasteiger partial charge in [-0.05, 0) is 37.2 Å². The average Bonchev–Trinajstić information content (AvgIpc) is 2.29. The van der Waals surface area contributed by atoms with Crippen LogP contribution in [0.5, 0.6) is 0 Å². The van der Waals surface area contributed by atoms with E-state index in [2.05, 4.69) is 13.0 Å². The normalized spacial score (nSPS) is 33.8. The molecule has 0 aromatic carbocycles. The highest BCUT2D eigenvalue weighted by Gasteiger charge is 2.37. The van der Waals surface area contributed by atoms with Gasteiger partial charge in [-0.25, -0.2) is 0 Å². The maximum absolute atomic E-state index is 9.65. The van der Waals surface area contributed by atoms with Crippen LogP contribution < -0.4 is 0 Å². The molecule has 1 saturated carbocycles. The quantitative estimate of drug-likeness (QED) is 0.548. The number of aliphatic hydroxyl groups is 1. The van der Waals surface area contributed by atoms with Gasteiger partial charge in [0.15, 0.2) is 0 Å². The van der Waals surface area contributed by atoms with Crippen molar-refractivity contribution in [1.82, 2.24) is 0 Å². The Labute approximate surface area is 74.5 Å². The van der Waals surface area contributed by atoms with Gasteiger partial charge in [0, 0.05) is 0 Å². The molecule has 0 amide bonds. The Balaban J connectivity index is 2.12. The van der Waals surface area contributed by atoms with Gasteiger partial charge in [0.25, 0.3) is 0 Å². The first-order valence-electron chi connectivity index (χ1n) is 5.09. The highest BCUT2D eigenvalue weighted by molar-refractivity contribution is 5.20. The van der Waals surface area contributed by atoms with Gasteiger partial charge in [0.2, 0.25) is 0 Å². The number of hydrogen-bond donors (Lipinski definition) is 1. The van der Waals surface area contributed by atoms with Crippen molar-refractivity contribution >= 4 is 0 Å². The van der Waals surface area contributed by atoms with Gasteiger partial charge >= 0.3 is 0 Å². The molecular formula is C11H18O. The van der Waals surface area contributed by atoms with E-state index in [0.717, 1.165) is 6.42 Å². The minimum atomic E-state index is -0.136. The zero-order valence-corrected chi connectivity index (χ0v) is 7.84. The van der Waals surface area contributed by atoms with E-state index in [1.165, 1.54) is 37.7 Å². The molecule has 0 bridgehead atoms. The average molecular weight is 166 g/mol. The fourth-order valence-electron chi connectivity index (χ4n) is 2.79. The first kappa shape index (κ1) is 8.31. The topological polar surface area (TPSA) is 20.2 Å². The fraction of sp³-hybridized carbons (Fsp3) is 0.818. The smallest absolute Gasteiger partial charge is 0.0755 e. The highest BCUT2D eigenvalue weighted by atomic mass is 16.3. The van der Waals surface area contributed by atoms with E-state index < -0.39 is 0 Å². The molecule has 12 heavy (non-hydrogen) atoms. The summed E-state index contributed by atoms with van der Waals surface area (Å²) >= 11 is 0. The van der Waals surface area contributed by atoms with Crippen LogP contribution in [0.25, 0.3) is 0 Å². The molecule has 0 heterocycles. The second kappa shape index (κ2) is 2.88. The van der Waals surface area contributed by atoms with Crippen molar-refractivity contribution in [1.29, 1.82) is 0 Å². The van der Waals surface area contributed by atoms with Gasteiger partial charge in [0.05, 0.1) is 6.10 Å². The zero-order chi connectivity index (χ0) is 8.60. The monoisotopic (exact) mass is 166 g/mol. The second-order valence-corrected chi connectivity index (χ2v) is 4.53. The molecule has 0 saturated heterocycles. The summed E-state index contributed by atoms with van der Waals surface area (Å²) in [6.07, 6.45) is 9.93. The van der Waals surface area contributed by atoms with Gasteiger partial charge in [-0.1, -0.05) is 25.3 Å². The summed E-state index contributed by atoms with van der Waals surface area (Å²) in [7, 11) is 0. The molecule has 1 atom stereocenters. The molecule has 1 nitrogen and oxygen atoms in total. The maximum atomic E-state index is 9.65. The first-order valence-corrected chi connectivity index (χ1v) is 5.09. The van der Waals surface area contributed by atoms with E-state index in [9.17, 15) is 5.11 Å². The Morgan fingerprint density at radius 3 is 2.50 bits per heavy atom. The molecule has 0 radical (unpaired) electrons. The summed E-state index contributed by atoms with van der Waals surface area (Å²) in [5.74, 6) is 0. The van der Waals surface area contributed by atoms with Gasteiger partial charge < -0.3 is 5.11 Å². The Kier molecular flexibility index (Phi) is 1.99. The third kappa shape index (κ3) is 1.31. The second-order valence-electron chi connectivity index (χ2n) is 4.53. The van der Waals surface area contributed by atoms with Crippen molar-refractivity contribution in [2.45, 2.75) is 51.6 Å². The van der Waals surface area contributed by atoms with Crippen molar-refractivity contribution < 1.29 is 5.11 Å². The van der Waals surface area contributed by atoms with Gasteiger partial charge in [-0.3, -0.25) is 0 Å². The number of rotatable bonds is 0. The third-order valence-electron chi connectivity index (χ3n) is 3.51. The largest absolute Gasteiger partial charge is 0.389 e. The lowest BCUT2D eigenvalue weighted by molar-refractivity contribution is 0.147. The van der Waals surface area contributed by atoms with Crippen LogP contribution in [0.1, 0.15) is 45.4 Å².